The molecule has 2 aromatic heterocycles. The van der Waals surface area contributed by atoms with E-state index in [2.05, 4.69) is 32.8 Å². The van der Waals surface area contributed by atoms with Crippen LogP contribution in [0.3, 0.4) is 0 Å². The summed E-state index contributed by atoms with van der Waals surface area (Å²) >= 11 is 12.3. The molecule has 1 aliphatic rings. The van der Waals surface area contributed by atoms with Crippen molar-refractivity contribution in [2.24, 2.45) is 0 Å². The molecule has 4 aromatic rings. The number of halogens is 2. The first-order valence-corrected chi connectivity index (χ1v) is 12.0. The van der Waals surface area contributed by atoms with E-state index in [4.69, 9.17) is 28.6 Å². The van der Waals surface area contributed by atoms with Gasteiger partial charge in [0.15, 0.2) is 5.11 Å². The van der Waals surface area contributed by atoms with E-state index in [1.165, 1.54) is 12.1 Å². The first kappa shape index (κ1) is 23.3. The second-order valence-corrected chi connectivity index (χ2v) is 9.25. The molecule has 0 radical (unpaired) electrons. The molecule has 2 atom stereocenters. The monoisotopic (exact) mass is 506 g/mol. The number of rotatable bonds is 5. The minimum Gasteiger partial charge on any atom is -0.495 e. The van der Waals surface area contributed by atoms with Crippen molar-refractivity contribution in [1.29, 1.82) is 0 Å². The van der Waals surface area contributed by atoms with Gasteiger partial charge < -0.3 is 19.5 Å². The molecular weight excluding hydrogens is 483 g/mol. The summed E-state index contributed by atoms with van der Waals surface area (Å²) in [6.45, 7) is 4.12. The van der Waals surface area contributed by atoms with Crippen LogP contribution >= 0.6 is 23.8 Å². The van der Waals surface area contributed by atoms with Gasteiger partial charge in [0.2, 0.25) is 0 Å². The predicted molar refractivity (Wildman–Crippen MR) is 141 cm³/mol. The molecule has 5 nitrogen and oxygen atoms in total. The Morgan fingerprint density at radius 2 is 1.77 bits per heavy atom. The van der Waals surface area contributed by atoms with Gasteiger partial charge in [-0.15, -0.1) is 0 Å². The summed E-state index contributed by atoms with van der Waals surface area (Å²) in [7, 11) is 1.59. The zero-order chi connectivity index (χ0) is 24.7. The van der Waals surface area contributed by atoms with Crippen LogP contribution < -0.4 is 15.0 Å². The molecule has 0 saturated carbocycles. The Balaban J connectivity index is 1.67. The Bertz CT molecular complexity index is 1390. The molecule has 1 saturated heterocycles. The van der Waals surface area contributed by atoms with Gasteiger partial charge in [0.05, 0.1) is 29.9 Å². The van der Waals surface area contributed by atoms with Crippen LogP contribution in [0.25, 0.3) is 5.69 Å². The number of aryl methyl sites for hydroxylation is 1. The van der Waals surface area contributed by atoms with Crippen molar-refractivity contribution in [1.82, 2.24) is 14.9 Å². The molecule has 0 amide bonds. The third-order valence-electron chi connectivity index (χ3n) is 6.39. The number of nitrogens with zero attached hydrogens (tertiary/aromatic N) is 3. The molecule has 3 heterocycles. The third kappa shape index (κ3) is 4.15. The van der Waals surface area contributed by atoms with Gasteiger partial charge in [0.1, 0.15) is 11.6 Å². The second-order valence-electron chi connectivity index (χ2n) is 8.45. The van der Waals surface area contributed by atoms with Gasteiger partial charge in [0.25, 0.3) is 0 Å². The highest BCUT2D eigenvalue weighted by molar-refractivity contribution is 7.80. The number of nitrogens with one attached hydrogen (secondary N) is 1. The highest BCUT2D eigenvalue weighted by atomic mass is 35.5. The number of anilines is 1. The normalized spacial score (nSPS) is 17.5. The summed E-state index contributed by atoms with van der Waals surface area (Å²) in [5.74, 6) is 0.334. The number of pyridine rings is 1. The summed E-state index contributed by atoms with van der Waals surface area (Å²) < 4.78 is 21.1. The molecule has 0 aliphatic carbocycles. The molecule has 1 fully saturated rings. The summed E-state index contributed by atoms with van der Waals surface area (Å²) in [5, 5.41) is 4.57. The van der Waals surface area contributed by atoms with Gasteiger partial charge in [-0.3, -0.25) is 4.98 Å². The van der Waals surface area contributed by atoms with Crippen molar-refractivity contribution in [3.05, 3.63) is 106 Å². The maximum absolute atomic E-state index is 13.6. The zero-order valence-corrected chi connectivity index (χ0v) is 21.1. The van der Waals surface area contributed by atoms with Crippen molar-refractivity contribution in [2.45, 2.75) is 25.9 Å². The van der Waals surface area contributed by atoms with Crippen LogP contribution in [0.4, 0.5) is 10.1 Å². The third-order valence-corrected chi connectivity index (χ3v) is 7.00. The summed E-state index contributed by atoms with van der Waals surface area (Å²) in [6, 6.07) is 19.8. The number of hydrogen-bond donors (Lipinski definition) is 1. The molecule has 35 heavy (non-hydrogen) atoms. The number of hydrogen-bond acceptors (Lipinski definition) is 3. The molecule has 0 bridgehead atoms. The number of ether oxygens (including phenoxy) is 1. The number of benzene rings is 2. The van der Waals surface area contributed by atoms with E-state index in [0.29, 0.717) is 15.9 Å². The van der Waals surface area contributed by atoms with Gasteiger partial charge >= 0.3 is 0 Å². The van der Waals surface area contributed by atoms with Crippen LogP contribution in [-0.2, 0) is 0 Å². The van der Waals surface area contributed by atoms with Gasteiger partial charge in [0, 0.05) is 29.0 Å². The van der Waals surface area contributed by atoms with Crippen LogP contribution in [0, 0.1) is 19.7 Å². The largest absolute Gasteiger partial charge is 0.495 e. The maximum atomic E-state index is 13.6. The quantitative estimate of drug-likeness (QED) is 0.314. The van der Waals surface area contributed by atoms with E-state index < -0.39 is 0 Å². The first-order valence-electron chi connectivity index (χ1n) is 11.2. The van der Waals surface area contributed by atoms with E-state index >= 15 is 0 Å². The lowest BCUT2D eigenvalue weighted by Crippen LogP contribution is -2.29. The predicted octanol–water partition coefficient (Wildman–Crippen LogP) is 6.47. The fourth-order valence-corrected chi connectivity index (χ4v) is 5.43. The van der Waals surface area contributed by atoms with E-state index in [-0.39, 0.29) is 17.9 Å². The van der Waals surface area contributed by atoms with Crippen molar-refractivity contribution < 1.29 is 9.13 Å². The summed E-state index contributed by atoms with van der Waals surface area (Å²) in [6.07, 6.45) is 1.78. The Morgan fingerprint density at radius 1 is 1.03 bits per heavy atom. The summed E-state index contributed by atoms with van der Waals surface area (Å²) in [5.41, 5.74) is 5.79. The molecule has 2 aromatic carbocycles. The highest BCUT2D eigenvalue weighted by Gasteiger charge is 2.42. The van der Waals surface area contributed by atoms with Crippen LogP contribution in [-0.4, -0.2) is 21.8 Å². The molecular formula is C27H24ClFN4OS. The smallest absolute Gasteiger partial charge is 0.174 e. The van der Waals surface area contributed by atoms with E-state index in [0.717, 1.165) is 34.0 Å². The molecule has 178 valence electrons. The standard InChI is InChI=1S/C27H24ClFN4OS/c1-16-14-21(17(2)32(16)19-9-7-18(29)8-10-19)26-25(23-6-4-5-13-30-23)31-27(35)33(26)20-11-12-24(34-3)22(28)15-20/h4-15,25-26H,1-3H3,(H,31,35). The van der Waals surface area contributed by atoms with Crippen molar-refractivity contribution in [2.75, 3.05) is 12.0 Å². The van der Waals surface area contributed by atoms with Crippen LogP contribution in [0.1, 0.15) is 34.7 Å². The lowest BCUT2D eigenvalue weighted by molar-refractivity contribution is 0.415. The first-order chi connectivity index (χ1) is 16.9. The Hall–Kier alpha value is -3.42. The SMILES string of the molecule is COc1ccc(N2C(=S)NC(c3ccccn3)C2c2cc(C)n(-c3ccc(F)cc3)c2C)cc1Cl. The zero-order valence-electron chi connectivity index (χ0n) is 19.5. The Labute approximate surface area is 214 Å². The van der Waals surface area contributed by atoms with Gasteiger partial charge in [-0.05, 0) is 92.3 Å². The highest BCUT2D eigenvalue weighted by Crippen LogP contribution is 2.44. The minimum atomic E-state index is -0.264. The van der Waals surface area contributed by atoms with Crippen molar-refractivity contribution in [3.63, 3.8) is 0 Å². The van der Waals surface area contributed by atoms with Gasteiger partial charge in [-0.25, -0.2) is 4.39 Å². The van der Waals surface area contributed by atoms with Crippen LogP contribution in [0.5, 0.6) is 5.75 Å². The Morgan fingerprint density at radius 3 is 2.43 bits per heavy atom. The fourth-order valence-electron chi connectivity index (χ4n) is 4.83. The van der Waals surface area contributed by atoms with E-state index in [1.807, 2.05) is 43.3 Å². The lowest BCUT2D eigenvalue weighted by Gasteiger charge is -2.28. The number of methoxy groups -OCH3 is 1. The van der Waals surface area contributed by atoms with E-state index in [1.54, 1.807) is 25.4 Å². The second kappa shape index (κ2) is 9.32. The molecule has 1 aliphatic heterocycles. The molecule has 1 N–H and O–H groups in total. The average molecular weight is 507 g/mol. The number of aromatic nitrogens is 2. The van der Waals surface area contributed by atoms with Crippen LogP contribution in [0.15, 0.2) is 72.9 Å². The molecule has 8 heteroatoms. The van der Waals surface area contributed by atoms with Gasteiger partial charge in [-0.1, -0.05) is 17.7 Å². The maximum Gasteiger partial charge on any atom is 0.174 e. The topological polar surface area (TPSA) is 42.3 Å². The van der Waals surface area contributed by atoms with Gasteiger partial charge in [-0.2, -0.15) is 0 Å². The minimum absolute atomic E-state index is 0.188. The molecule has 0 spiro atoms. The average Bonchev–Trinajstić information content (AvgIpc) is 3.35. The number of thiocarbonyl (C=S) groups is 1. The molecule has 2 unspecified atom stereocenters. The van der Waals surface area contributed by atoms with Crippen molar-refractivity contribution in [3.8, 4) is 11.4 Å². The summed E-state index contributed by atoms with van der Waals surface area (Å²) in [4.78, 5) is 6.71. The molecule has 5 rings (SSSR count). The lowest BCUT2D eigenvalue weighted by atomic mass is 9.96. The van der Waals surface area contributed by atoms with Crippen molar-refractivity contribution >= 4 is 34.6 Å². The van der Waals surface area contributed by atoms with Crippen LogP contribution in [0.2, 0.25) is 5.02 Å². The fraction of sp³-hybridized carbons (Fsp3) is 0.185. The van der Waals surface area contributed by atoms with E-state index in [9.17, 15) is 4.39 Å². The Kier molecular flexibility index (Phi) is 6.21.